The minimum atomic E-state index is -0.418. The first-order chi connectivity index (χ1) is 10.7. The van der Waals surface area contributed by atoms with Crippen LogP contribution in [0.1, 0.15) is 16.2 Å². The molecule has 0 saturated heterocycles. The number of hydrogen-bond acceptors (Lipinski definition) is 4. The van der Waals surface area contributed by atoms with E-state index in [0.717, 1.165) is 11.3 Å². The van der Waals surface area contributed by atoms with E-state index in [0.29, 0.717) is 5.69 Å². The van der Waals surface area contributed by atoms with Crippen LogP contribution >= 0.6 is 0 Å². The molecule has 0 spiro atoms. The number of imidazole rings is 1. The minimum absolute atomic E-state index is 0.183. The third-order valence-electron chi connectivity index (χ3n) is 3.06. The topological polar surface area (TPSA) is 104 Å². The second-order valence-electron chi connectivity index (χ2n) is 4.60. The minimum Gasteiger partial charge on any atom is -0.345 e. The molecule has 0 unspecified atom stereocenters. The molecule has 0 atom stereocenters. The lowest BCUT2D eigenvalue weighted by molar-refractivity contribution is 0.0946. The van der Waals surface area contributed by atoms with Crippen LogP contribution in [0, 0.1) is 0 Å². The molecule has 0 radical (unpaired) electrons. The maximum Gasteiger partial charge on any atom is 0.323 e. The predicted octanol–water partition coefficient (Wildman–Crippen LogP) is 1.09. The number of carbonyl (C=O) groups excluding carboxylic acids is 1. The summed E-state index contributed by atoms with van der Waals surface area (Å²) in [6, 6.07) is 11.5. The lowest BCUT2D eigenvalue weighted by Crippen LogP contribution is -2.24. The Balaban J connectivity index is 1.71. The molecule has 0 bridgehead atoms. The summed E-state index contributed by atoms with van der Waals surface area (Å²) in [6.45, 7) is 0.244. The van der Waals surface area contributed by atoms with Gasteiger partial charge in [0.1, 0.15) is 12.0 Å². The van der Waals surface area contributed by atoms with Crippen LogP contribution in [0.3, 0.4) is 0 Å². The number of aromatic nitrogens is 4. The second-order valence-corrected chi connectivity index (χ2v) is 4.60. The molecule has 1 amide bonds. The zero-order valence-corrected chi connectivity index (χ0v) is 11.5. The Kier molecular flexibility index (Phi) is 3.78. The van der Waals surface area contributed by atoms with Crippen LogP contribution in [0.25, 0.3) is 11.3 Å². The van der Waals surface area contributed by atoms with Gasteiger partial charge in [0.25, 0.3) is 5.91 Å². The van der Waals surface area contributed by atoms with E-state index in [4.69, 9.17) is 0 Å². The van der Waals surface area contributed by atoms with E-state index in [9.17, 15) is 9.59 Å². The van der Waals surface area contributed by atoms with E-state index >= 15 is 0 Å². The van der Waals surface area contributed by atoms with Gasteiger partial charge in [0.15, 0.2) is 0 Å². The summed E-state index contributed by atoms with van der Waals surface area (Å²) in [4.78, 5) is 35.9. The highest BCUT2D eigenvalue weighted by molar-refractivity contribution is 5.91. The van der Waals surface area contributed by atoms with Crippen LogP contribution in [0.15, 0.2) is 53.7 Å². The van der Waals surface area contributed by atoms with Crippen LogP contribution in [0.5, 0.6) is 0 Å². The number of H-pyrrole nitrogens is 2. The van der Waals surface area contributed by atoms with Crippen LogP contribution < -0.4 is 11.0 Å². The van der Waals surface area contributed by atoms with Gasteiger partial charge in [-0.2, -0.15) is 0 Å². The van der Waals surface area contributed by atoms with Crippen molar-refractivity contribution in [2.45, 2.75) is 6.54 Å². The molecule has 7 nitrogen and oxygen atoms in total. The number of aromatic amines is 2. The fourth-order valence-electron chi connectivity index (χ4n) is 1.98. The van der Waals surface area contributed by atoms with Gasteiger partial charge >= 0.3 is 5.69 Å². The maximum atomic E-state index is 11.8. The summed E-state index contributed by atoms with van der Waals surface area (Å²) in [5.74, 6) is -0.377. The van der Waals surface area contributed by atoms with Gasteiger partial charge < -0.3 is 15.3 Å². The fraction of sp³-hybridized carbons (Fsp3) is 0.0667. The third kappa shape index (κ3) is 3.09. The Morgan fingerprint density at radius 3 is 2.73 bits per heavy atom. The van der Waals surface area contributed by atoms with Crippen molar-refractivity contribution >= 4 is 5.91 Å². The van der Waals surface area contributed by atoms with Crippen molar-refractivity contribution in [1.82, 2.24) is 25.3 Å². The van der Waals surface area contributed by atoms with E-state index in [1.165, 1.54) is 12.5 Å². The van der Waals surface area contributed by atoms with E-state index in [1.807, 2.05) is 36.4 Å². The molecule has 1 aromatic carbocycles. The first-order valence-corrected chi connectivity index (χ1v) is 6.64. The second kappa shape index (κ2) is 6.04. The zero-order valence-electron chi connectivity index (χ0n) is 11.5. The number of nitrogens with one attached hydrogen (secondary N) is 3. The highest BCUT2D eigenvalue weighted by Gasteiger charge is 2.08. The first kappa shape index (κ1) is 13.7. The van der Waals surface area contributed by atoms with Gasteiger partial charge in [0.05, 0.1) is 17.9 Å². The smallest absolute Gasteiger partial charge is 0.323 e. The Bertz CT molecular complexity index is 838. The lowest BCUT2D eigenvalue weighted by atomic mass is 10.1. The lowest BCUT2D eigenvalue weighted by Gasteiger charge is -2.05. The van der Waals surface area contributed by atoms with Crippen LogP contribution in [0.2, 0.25) is 0 Å². The van der Waals surface area contributed by atoms with Gasteiger partial charge in [-0.3, -0.25) is 4.79 Å². The quantitative estimate of drug-likeness (QED) is 0.670. The molecule has 3 N–H and O–H groups in total. The summed E-state index contributed by atoms with van der Waals surface area (Å²) in [6.07, 6.45) is 2.79. The van der Waals surface area contributed by atoms with Crippen LogP contribution in [-0.4, -0.2) is 25.8 Å². The molecule has 0 aliphatic carbocycles. The highest BCUT2D eigenvalue weighted by atomic mass is 16.2. The molecular formula is C15H13N5O2. The summed E-state index contributed by atoms with van der Waals surface area (Å²) in [7, 11) is 0. The summed E-state index contributed by atoms with van der Waals surface area (Å²) < 4.78 is 0. The Morgan fingerprint density at radius 2 is 2.00 bits per heavy atom. The number of nitrogens with zero attached hydrogens (tertiary/aromatic N) is 2. The Labute approximate surface area is 125 Å². The third-order valence-corrected chi connectivity index (χ3v) is 3.06. The summed E-state index contributed by atoms with van der Waals surface area (Å²) in [5.41, 5.74) is 2.21. The fourth-order valence-corrected chi connectivity index (χ4v) is 1.98. The molecule has 22 heavy (non-hydrogen) atoms. The molecule has 7 heteroatoms. The van der Waals surface area contributed by atoms with Gasteiger partial charge in [-0.05, 0) is 6.07 Å². The van der Waals surface area contributed by atoms with Crippen molar-refractivity contribution in [3.05, 3.63) is 70.8 Å². The van der Waals surface area contributed by atoms with Crippen LogP contribution in [-0.2, 0) is 6.54 Å². The molecule has 0 aliphatic heterocycles. The molecule has 0 fully saturated rings. The van der Waals surface area contributed by atoms with Crippen molar-refractivity contribution in [3.8, 4) is 11.3 Å². The molecule has 3 aromatic rings. The number of amides is 1. The first-order valence-electron chi connectivity index (χ1n) is 6.64. The van der Waals surface area contributed by atoms with Gasteiger partial charge in [-0.15, -0.1) is 0 Å². The van der Waals surface area contributed by atoms with Gasteiger partial charge in [0, 0.05) is 11.8 Å². The van der Waals surface area contributed by atoms with Crippen molar-refractivity contribution < 1.29 is 4.79 Å². The summed E-state index contributed by atoms with van der Waals surface area (Å²) in [5, 5.41) is 2.69. The zero-order chi connectivity index (χ0) is 15.4. The Hall–Kier alpha value is -3.22. The van der Waals surface area contributed by atoms with Crippen LogP contribution in [0.4, 0.5) is 0 Å². The summed E-state index contributed by atoms with van der Waals surface area (Å²) >= 11 is 0. The van der Waals surface area contributed by atoms with E-state index in [1.54, 1.807) is 0 Å². The van der Waals surface area contributed by atoms with E-state index in [-0.39, 0.29) is 18.1 Å². The number of benzene rings is 1. The van der Waals surface area contributed by atoms with Gasteiger partial charge in [-0.1, -0.05) is 30.3 Å². The number of carbonyl (C=O) groups is 1. The van der Waals surface area contributed by atoms with Crippen molar-refractivity contribution in [2.24, 2.45) is 0 Å². The van der Waals surface area contributed by atoms with Crippen molar-refractivity contribution in [1.29, 1.82) is 0 Å². The predicted molar refractivity (Wildman–Crippen MR) is 80.1 cm³/mol. The number of rotatable bonds is 4. The van der Waals surface area contributed by atoms with E-state index < -0.39 is 5.69 Å². The normalized spacial score (nSPS) is 10.4. The molecule has 2 heterocycles. The van der Waals surface area contributed by atoms with E-state index in [2.05, 4.69) is 25.3 Å². The van der Waals surface area contributed by atoms with Gasteiger partial charge in [-0.25, -0.2) is 14.8 Å². The average molecular weight is 295 g/mol. The number of hydrogen-bond donors (Lipinski definition) is 3. The molecule has 110 valence electrons. The average Bonchev–Trinajstić information content (AvgIpc) is 3.00. The maximum absolute atomic E-state index is 11.8. The molecular weight excluding hydrogens is 282 g/mol. The molecule has 3 rings (SSSR count). The van der Waals surface area contributed by atoms with Crippen molar-refractivity contribution in [3.63, 3.8) is 0 Å². The SMILES string of the molecule is O=C(NCc1cc(-c2ccccc2)ncn1)c1c[nH]c(=O)[nH]1. The standard InChI is InChI=1S/C15H13N5O2/c21-14(13-8-17-15(22)20-13)16-7-11-6-12(19-9-18-11)10-4-2-1-3-5-10/h1-6,8-9H,7H2,(H,16,21)(H2,17,20,22). The molecule has 2 aromatic heterocycles. The Morgan fingerprint density at radius 1 is 1.18 bits per heavy atom. The monoisotopic (exact) mass is 295 g/mol. The highest BCUT2D eigenvalue weighted by Crippen LogP contribution is 2.15. The molecule has 0 aliphatic rings. The largest absolute Gasteiger partial charge is 0.345 e. The van der Waals surface area contributed by atoms with Gasteiger partial charge in [0.2, 0.25) is 0 Å². The molecule has 0 saturated carbocycles. The van der Waals surface area contributed by atoms with Crippen molar-refractivity contribution in [2.75, 3.05) is 0 Å².